The van der Waals surface area contributed by atoms with E-state index in [1.807, 2.05) is 13.2 Å². The summed E-state index contributed by atoms with van der Waals surface area (Å²) in [4.78, 5) is 11.1. The van der Waals surface area contributed by atoms with Gasteiger partial charge < -0.3 is 5.11 Å². The van der Waals surface area contributed by atoms with E-state index in [9.17, 15) is 13.2 Å². The normalized spacial score (nSPS) is 16.7. The van der Waals surface area contributed by atoms with Crippen molar-refractivity contribution < 1.29 is 18.3 Å². The highest BCUT2D eigenvalue weighted by Gasteiger charge is 2.42. The van der Waals surface area contributed by atoms with Crippen LogP contribution in [0.5, 0.6) is 0 Å². The first kappa shape index (κ1) is 16.3. The molecule has 2 N–H and O–H groups in total. The van der Waals surface area contributed by atoms with Crippen LogP contribution >= 0.6 is 11.8 Å². The van der Waals surface area contributed by atoms with E-state index in [4.69, 9.17) is 5.11 Å². The van der Waals surface area contributed by atoms with Crippen molar-refractivity contribution in [2.75, 3.05) is 12.8 Å². The number of carboxylic acids is 1. The molecule has 0 aliphatic heterocycles. The zero-order valence-electron chi connectivity index (χ0n) is 12.0. The number of nitrogens with one attached hydrogen (secondary N) is 1. The van der Waals surface area contributed by atoms with Gasteiger partial charge in [0.25, 0.3) is 0 Å². The van der Waals surface area contributed by atoms with Gasteiger partial charge in [-0.15, -0.1) is 0 Å². The van der Waals surface area contributed by atoms with Crippen molar-refractivity contribution >= 4 is 27.8 Å². The number of sulfonamides is 1. The molecule has 0 heterocycles. The lowest BCUT2D eigenvalue weighted by Crippen LogP contribution is -2.32. The molecule has 1 aromatic carbocycles. The molecule has 0 aromatic heterocycles. The molecule has 7 heteroatoms. The molecule has 21 heavy (non-hydrogen) atoms. The molecule has 2 rings (SSSR count). The molecule has 0 saturated heterocycles. The van der Waals surface area contributed by atoms with Crippen LogP contribution in [0.4, 0.5) is 0 Å². The molecule has 0 radical (unpaired) electrons. The topological polar surface area (TPSA) is 83.5 Å². The second-order valence-electron chi connectivity index (χ2n) is 5.19. The van der Waals surface area contributed by atoms with Gasteiger partial charge >= 0.3 is 5.97 Å². The average molecular weight is 329 g/mol. The Labute approximate surface area is 129 Å². The lowest BCUT2D eigenvalue weighted by molar-refractivity contribution is 0.0696. The standard InChI is InChI=1S/C14H19NO4S2/c1-3-10-4-5-11(13(16)17)8-12(10)21(18,19)15-9-14(20-2)6-7-14/h4-5,8,15H,3,6-7,9H2,1-2H3,(H,16,17). The number of carboxylic acid groups (broad SMARTS) is 1. The molecule has 1 saturated carbocycles. The van der Waals surface area contributed by atoms with E-state index >= 15 is 0 Å². The van der Waals surface area contributed by atoms with Gasteiger partial charge in [0.15, 0.2) is 0 Å². The highest BCUT2D eigenvalue weighted by molar-refractivity contribution is 8.00. The largest absolute Gasteiger partial charge is 0.478 e. The number of rotatable bonds is 7. The Morgan fingerprint density at radius 2 is 2.10 bits per heavy atom. The summed E-state index contributed by atoms with van der Waals surface area (Å²) in [5, 5.41) is 9.03. The minimum absolute atomic E-state index is 0.0152. The number of aryl methyl sites for hydroxylation is 1. The minimum Gasteiger partial charge on any atom is -0.478 e. The Kier molecular flexibility index (Phi) is 4.65. The third-order valence-electron chi connectivity index (χ3n) is 3.81. The van der Waals surface area contributed by atoms with E-state index in [0.717, 1.165) is 12.8 Å². The highest BCUT2D eigenvalue weighted by Crippen LogP contribution is 2.46. The summed E-state index contributed by atoms with van der Waals surface area (Å²) in [6.07, 6.45) is 4.52. The molecule has 1 aromatic rings. The number of hydrogen-bond donors (Lipinski definition) is 2. The van der Waals surface area contributed by atoms with Gasteiger partial charge in [0.05, 0.1) is 10.5 Å². The van der Waals surface area contributed by atoms with Crippen LogP contribution in [-0.2, 0) is 16.4 Å². The quantitative estimate of drug-likeness (QED) is 0.800. The number of thioether (sulfide) groups is 1. The predicted molar refractivity (Wildman–Crippen MR) is 83.4 cm³/mol. The van der Waals surface area contributed by atoms with Crippen molar-refractivity contribution in [2.24, 2.45) is 0 Å². The van der Waals surface area contributed by atoms with Crippen molar-refractivity contribution in [3.8, 4) is 0 Å². The Hall–Kier alpha value is -1.05. The number of carbonyl (C=O) groups is 1. The first-order chi connectivity index (χ1) is 9.83. The second kappa shape index (κ2) is 5.98. The molecule has 1 aliphatic carbocycles. The van der Waals surface area contributed by atoms with Crippen LogP contribution in [0.3, 0.4) is 0 Å². The third-order valence-corrected chi connectivity index (χ3v) is 6.71. The summed E-state index contributed by atoms with van der Waals surface area (Å²) in [6.45, 7) is 2.23. The van der Waals surface area contributed by atoms with Crippen LogP contribution in [0.2, 0.25) is 0 Å². The summed E-state index contributed by atoms with van der Waals surface area (Å²) >= 11 is 1.67. The monoisotopic (exact) mass is 329 g/mol. The Morgan fingerprint density at radius 1 is 1.43 bits per heavy atom. The zero-order chi connectivity index (χ0) is 15.7. The van der Waals surface area contributed by atoms with Crippen LogP contribution in [0.15, 0.2) is 23.1 Å². The molecular formula is C14H19NO4S2. The van der Waals surface area contributed by atoms with Gasteiger partial charge in [-0.25, -0.2) is 17.9 Å². The summed E-state index contributed by atoms with van der Waals surface area (Å²) in [5.41, 5.74) is 0.611. The van der Waals surface area contributed by atoms with Gasteiger partial charge in [0, 0.05) is 11.3 Å². The summed E-state index contributed by atoms with van der Waals surface area (Å²) < 4.78 is 27.6. The van der Waals surface area contributed by atoms with Crippen molar-refractivity contribution in [3.05, 3.63) is 29.3 Å². The maximum atomic E-state index is 12.5. The summed E-state index contributed by atoms with van der Waals surface area (Å²) in [7, 11) is -3.69. The lowest BCUT2D eigenvalue weighted by Gasteiger charge is -2.15. The van der Waals surface area contributed by atoms with E-state index in [1.54, 1.807) is 17.8 Å². The third kappa shape index (κ3) is 3.59. The molecule has 0 unspecified atom stereocenters. The lowest BCUT2D eigenvalue weighted by atomic mass is 10.1. The van der Waals surface area contributed by atoms with Gasteiger partial charge in [-0.3, -0.25) is 0 Å². The molecular weight excluding hydrogens is 310 g/mol. The first-order valence-electron chi connectivity index (χ1n) is 6.74. The maximum absolute atomic E-state index is 12.5. The summed E-state index contributed by atoms with van der Waals surface area (Å²) in [6, 6.07) is 4.24. The zero-order valence-corrected chi connectivity index (χ0v) is 13.7. The smallest absolute Gasteiger partial charge is 0.335 e. The molecule has 1 aliphatic rings. The van der Waals surface area contributed by atoms with Crippen molar-refractivity contribution in [1.82, 2.24) is 4.72 Å². The number of hydrogen-bond acceptors (Lipinski definition) is 4. The fourth-order valence-electron chi connectivity index (χ4n) is 2.13. The van der Waals surface area contributed by atoms with Gasteiger partial charge in [-0.05, 0) is 43.2 Å². The fraction of sp³-hybridized carbons (Fsp3) is 0.500. The Morgan fingerprint density at radius 3 is 2.57 bits per heavy atom. The van der Waals surface area contributed by atoms with Crippen LogP contribution in [0.25, 0.3) is 0 Å². The maximum Gasteiger partial charge on any atom is 0.335 e. The fourth-order valence-corrected chi connectivity index (χ4v) is 4.41. The van der Waals surface area contributed by atoms with E-state index in [-0.39, 0.29) is 15.2 Å². The van der Waals surface area contributed by atoms with Crippen molar-refractivity contribution in [1.29, 1.82) is 0 Å². The van der Waals surface area contributed by atoms with Gasteiger partial charge in [-0.2, -0.15) is 11.8 Å². The Bertz CT molecular complexity index is 651. The second-order valence-corrected chi connectivity index (χ2v) is 8.20. The molecule has 1 fully saturated rings. The van der Waals surface area contributed by atoms with Gasteiger partial charge in [0.1, 0.15) is 0 Å². The first-order valence-corrected chi connectivity index (χ1v) is 9.45. The molecule has 116 valence electrons. The van der Waals surface area contributed by atoms with Crippen molar-refractivity contribution in [3.63, 3.8) is 0 Å². The van der Waals surface area contributed by atoms with E-state index in [2.05, 4.69) is 4.72 Å². The van der Waals surface area contributed by atoms with E-state index in [0.29, 0.717) is 18.5 Å². The average Bonchev–Trinajstić information content (AvgIpc) is 3.25. The van der Waals surface area contributed by atoms with Crippen LogP contribution in [0, 0.1) is 0 Å². The minimum atomic E-state index is -3.69. The molecule has 0 amide bonds. The molecule has 0 atom stereocenters. The Balaban J connectivity index is 2.29. The number of aromatic carboxylic acids is 1. The van der Waals surface area contributed by atoms with E-state index in [1.165, 1.54) is 12.1 Å². The van der Waals surface area contributed by atoms with Crippen LogP contribution in [0.1, 0.15) is 35.7 Å². The molecule has 0 bridgehead atoms. The summed E-state index contributed by atoms with van der Waals surface area (Å²) in [5.74, 6) is -1.13. The van der Waals surface area contributed by atoms with Gasteiger partial charge in [-0.1, -0.05) is 13.0 Å². The molecule has 0 spiro atoms. The number of benzene rings is 1. The van der Waals surface area contributed by atoms with E-state index < -0.39 is 16.0 Å². The van der Waals surface area contributed by atoms with Crippen LogP contribution < -0.4 is 4.72 Å². The SMILES string of the molecule is CCc1ccc(C(=O)O)cc1S(=O)(=O)NCC1(SC)CC1. The van der Waals surface area contributed by atoms with Crippen molar-refractivity contribution in [2.45, 2.75) is 35.8 Å². The molecule has 5 nitrogen and oxygen atoms in total. The predicted octanol–water partition coefficient (Wildman–Crippen LogP) is 2.12. The highest BCUT2D eigenvalue weighted by atomic mass is 32.2. The van der Waals surface area contributed by atoms with Crippen LogP contribution in [-0.4, -0.2) is 37.0 Å². The van der Waals surface area contributed by atoms with Gasteiger partial charge in [0.2, 0.25) is 10.0 Å².